The van der Waals surface area contributed by atoms with Crippen molar-refractivity contribution in [3.05, 3.63) is 108 Å². The van der Waals surface area contributed by atoms with Crippen molar-refractivity contribution in [3.8, 4) is 0 Å². The molecular weight excluding hydrogens is 663 g/mol. The third kappa shape index (κ3) is 7.99. The van der Waals surface area contributed by atoms with E-state index in [1.807, 2.05) is 0 Å². The van der Waals surface area contributed by atoms with Crippen LogP contribution in [0, 0.1) is 19.8 Å². The third-order valence-electron chi connectivity index (χ3n) is 9.70. The van der Waals surface area contributed by atoms with E-state index in [2.05, 4.69) is 165 Å². The van der Waals surface area contributed by atoms with Crippen LogP contribution in [0.5, 0.6) is 0 Å². The Kier molecular flexibility index (Phi) is 14.4. The Morgan fingerprint density at radius 2 is 0.978 bits per heavy atom. The van der Waals surface area contributed by atoms with Crippen molar-refractivity contribution < 1.29 is 57.7 Å². The molecule has 0 aliphatic heterocycles. The van der Waals surface area contributed by atoms with E-state index in [1.165, 1.54) is 53.6 Å². The molecular formula is C40H53Cl3SiTi. The Hall–Kier alpha value is -1.06. The molecule has 45 heavy (non-hydrogen) atoms. The first kappa shape index (κ1) is 42.0. The molecule has 0 amide bonds. The van der Waals surface area contributed by atoms with Gasteiger partial charge in [0.2, 0.25) is 0 Å². The van der Waals surface area contributed by atoms with Crippen molar-refractivity contribution in [1.29, 1.82) is 0 Å². The summed E-state index contributed by atoms with van der Waals surface area (Å²) >= 11 is 2.38. The molecule has 0 bridgehead atoms. The van der Waals surface area contributed by atoms with Crippen LogP contribution >= 0.6 is 0 Å². The van der Waals surface area contributed by atoms with Crippen molar-refractivity contribution >= 4 is 23.6 Å². The minimum Gasteiger partial charge on any atom is -1.00 e. The molecule has 3 aromatic carbocycles. The largest absolute Gasteiger partial charge is 1.00 e. The van der Waals surface area contributed by atoms with E-state index in [9.17, 15) is 0 Å². The fourth-order valence-corrected chi connectivity index (χ4v) is 13.7. The Balaban J connectivity index is 0.00000337. The van der Waals surface area contributed by atoms with Gasteiger partial charge in [0.1, 0.15) is 0 Å². The quantitative estimate of drug-likeness (QED) is 0.246. The van der Waals surface area contributed by atoms with E-state index >= 15 is 0 Å². The Morgan fingerprint density at radius 3 is 1.33 bits per heavy atom. The molecule has 0 N–H and O–H groups in total. The summed E-state index contributed by atoms with van der Waals surface area (Å²) in [6.07, 6.45) is 2.11. The Morgan fingerprint density at radius 1 is 0.578 bits per heavy atom. The number of allylic oxidation sites excluding steroid dienone is 4. The van der Waals surface area contributed by atoms with Crippen LogP contribution < -0.4 is 52.8 Å². The molecule has 3 aromatic rings. The molecule has 1 aliphatic carbocycles. The van der Waals surface area contributed by atoms with Crippen LogP contribution in [-0.4, -0.2) is 8.07 Å². The molecule has 0 radical (unpaired) electrons. The summed E-state index contributed by atoms with van der Waals surface area (Å²) in [5.74, 6) is 0.407. The van der Waals surface area contributed by atoms with Crippen molar-refractivity contribution in [2.75, 3.05) is 0 Å². The van der Waals surface area contributed by atoms with Crippen LogP contribution in [0.25, 0.3) is 0 Å². The van der Waals surface area contributed by atoms with Gasteiger partial charge in [-0.25, -0.2) is 0 Å². The monoisotopic (exact) mass is 714 g/mol. The zero-order valence-electron chi connectivity index (χ0n) is 29.8. The van der Waals surface area contributed by atoms with E-state index < -0.39 is 8.07 Å². The Bertz CT molecular complexity index is 1510. The van der Waals surface area contributed by atoms with Gasteiger partial charge in [-0.3, -0.25) is 0 Å². The van der Waals surface area contributed by atoms with Gasteiger partial charge < -0.3 is 37.2 Å². The second-order valence-corrected chi connectivity index (χ2v) is 19.6. The number of aryl methyl sites for hydroxylation is 4. The molecule has 242 valence electrons. The molecule has 0 fully saturated rings. The van der Waals surface area contributed by atoms with E-state index in [0.717, 1.165) is 12.8 Å². The summed E-state index contributed by atoms with van der Waals surface area (Å²) < 4.78 is 1.54. The minimum absolute atomic E-state index is 0. The number of hydrogen-bond donors (Lipinski definition) is 0. The molecule has 2 unspecified atom stereocenters. The molecule has 0 aromatic heterocycles. The van der Waals surface area contributed by atoms with Gasteiger partial charge in [-0.15, -0.1) is 0 Å². The van der Waals surface area contributed by atoms with Gasteiger partial charge >= 0.3 is 272 Å². The van der Waals surface area contributed by atoms with Gasteiger partial charge in [-0.1, -0.05) is 0 Å². The number of halogens is 3. The molecule has 0 saturated heterocycles. The van der Waals surface area contributed by atoms with Crippen molar-refractivity contribution in [2.24, 2.45) is 5.92 Å². The maximum Gasteiger partial charge on any atom is -1.00 e. The predicted octanol–water partition coefficient (Wildman–Crippen LogP) is -0.168. The first-order valence-corrected chi connectivity index (χ1v) is 18.8. The van der Waals surface area contributed by atoms with Crippen LogP contribution in [0.4, 0.5) is 0 Å². The zero-order chi connectivity index (χ0) is 31.4. The van der Waals surface area contributed by atoms with Gasteiger partial charge in [0.15, 0.2) is 0 Å². The number of benzene rings is 3. The third-order valence-corrected chi connectivity index (χ3v) is 16.0. The van der Waals surface area contributed by atoms with Crippen molar-refractivity contribution in [3.63, 3.8) is 0 Å². The second-order valence-electron chi connectivity index (χ2n) is 15.0. The van der Waals surface area contributed by atoms with Gasteiger partial charge in [0, 0.05) is 0 Å². The van der Waals surface area contributed by atoms with Gasteiger partial charge in [-0.05, 0) is 0 Å². The molecule has 0 nitrogen and oxygen atoms in total. The van der Waals surface area contributed by atoms with Crippen LogP contribution in [-0.2, 0) is 44.1 Å². The summed E-state index contributed by atoms with van der Waals surface area (Å²) in [6, 6.07) is 22.8. The average molecular weight is 716 g/mol. The summed E-state index contributed by atoms with van der Waals surface area (Å²) in [6.45, 7) is 30.7. The van der Waals surface area contributed by atoms with Gasteiger partial charge in [0.25, 0.3) is 0 Å². The molecule has 1 aliphatic rings. The fourth-order valence-electron chi connectivity index (χ4n) is 7.06. The van der Waals surface area contributed by atoms with E-state index in [4.69, 9.17) is 0 Å². The van der Waals surface area contributed by atoms with Crippen LogP contribution in [0.1, 0.15) is 110 Å². The standard InChI is InChI=1S/C40H53Si.3ClH.Ti/c1-14-31-20-32(15-2)22-36(21-31)41(35-17-26(3)16-27(4)18-35,38-29(6)19-28(5)30(38)7)37-24-33(39(8,9)10)23-34(25-37)40(11,12)13;;;;/h16-18,20-25,29H,14-15H2,1-13H3;3*1H;/q;;;;+3/p-3. The normalized spacial score (nSPS) is 16.6. The first-order chi connectivity index (χ1) is 19.4. The minimum atomic E-state index is -2.74. The van der Waals surface area contributed by atoms with Crippen molar-refractivity contribution in [2.45, 2.75) is 114 Å². The molecule has 4 rings (SSSR count). The maximum absolute atomic E-state index is 2.74. The van der Waals surface area contributed by atoms with Crippen molar-refractivity contribution in [1.82, 2.24) is 0 Å². The second kappa shape index (κ2) is 15.4. The molecule has 0 spiro atoms. The van der Waals surface area contributed by atoms with Gasteiger partial charge in [-0.2, -0.15) is 0 Å². The van der Waals surface area contributed by atoms with E-state index in [0.29, 0.717) is 5.92 Å². The Labute approximate surface area is 307 Å². The molecule has 0 saturated carbocycles. The summed E-state index contributed by atoms with van der Waals surface area (Å²) in [4.78, 5) is 0. The van der Waals surface area contributed by atoms with Gasteiger partial charge in [0.05, 0.1) is 0 Å². The number of hydrogen-bond acceptors (Lipinski definition) is 0. The average Bonchev–Trinajstić information content (AvgIpc) is 3.10. The first-order valence-electron chi connectivity index (χ1n) is 16.0. The molecule has 2 atom stereocenters. The van der Waals surface area contributed by atoms with Crippen LogP contribution in [0.2, 0.25) is 0 Å². The maximum atomic E-state index is 2.62. The van der Waals surface area contributed by atoms with Crippen LogP contribution in [0.3, 0.4) is 0 Å². The molecule has 0 heterocycles. The zero-order valence-corrected chi connectivity index (χ0v) is 34.7. The topological polar surface area (TPSA) is 0 Å². The molecule has 5 heteroatoms. The van der Waals surface area contributed by atoms with E-state index in [1.54, 1.807) is 15.6 Å². The summed E-state index contributed by atoms with van der Waals surface area (Å²) in [5.41, 5.74) is 11.6. The predicted molar refractivity (Wildman–Crippen MR) is 184 cm³/mol. The number of rotatable bonds is 6. The summed E-state index contributed by atoms with van der Waals surface area (Å²) in [5, 5.41) is 6.32. The smallest absolute Gasteiger partial charge is 1.00 e. The SMILES string of the molecule is CCc1cc(CC)cc([Si](C2=C(C)C(C)=[C]([Ti+3])C2C)(c2cc(C)cc(C)c2)c2cc(C(C)(C)C)cc(C(C)(C)C)c2)c1.[Cl-].[Cl-].[Cl-]. The van der Waals surface area contributed by atoms with E-state index in [-0.39, 0.29) is 48.1 Å². The summed E-state index contributed by atoms with van der Waals surface area (Å²) in [7, 11) is -2.74. The van der Waals surface area contributed by atoms with Crippen LogP contribution in [0.15, 0.2) is 74.8 Å². The fraction of sp³-hybridized carbons (Fsp3) is 0.450.